The second kappa shape index (κ2) is 7.10. The van der Waals surface area contributed by atoms with Crippen molar-refractivity contribution in [2.24, 2.45) is 0 Å². The zero-order valence-electron chi connectivity index (χ0n) is 12.0. The number of nitrogens with one attached hydrogen (secondary N) is 1. The van der Waals surface area contributed by atoms with Crippen LogP contribution in [0, 0.1) is 11.3 Å². The van der Waals surface area contributed by atoms with Crippen LogP contribution >= 0.6 is 22.9 Å². The van der Waals surface area contributed by atoms with E-state index in [2.05, 4.69) is 16.4 Å². The van der Waals surface area contributed by atoms with Crippen molar-refractivity contribution >= 4 is 34.2 Å². The minimum Gasteiger partial charge on any atom is -0.360 e. The Kier molecular flexibility index (Phi) is 4.72. The van der Waals surface area contributed by atoms with Gasteiger partial charge >= 0.3 is 0 Å². The standard InChI is InChI=1S/C18H12ClN3S/c19-15-8-6-13(7-9-15)17-12-23-18(22-17)14(10-20)11-21-16-4-2-1-3-5-16/h1-9,11-12,21H/b14-11-. The first-order chi connectivity index (χ1) is 11.3. The summed E-state index contributed by atoms with van der Waals surface area (Å²) in [7, 11) is 0. The van der Waals surface area contributed by atoms with Gasteiger partial charge in [-0.1, -0.05) is 41.9 Å². The predicted octanol–water partition coefficient (Wildman–Crippen LogP) is 5.44. The molecule has 0 aliphatic heterocycles. The molecule has 0 aliphatic carbocycles. The number of hydrogen-bond donors (Lipinski definition) is 1. The number of halogens is 1. The Balaban J connectivity index is 1.83. The van der Waals surface area contributed by atoms with Gasteiger partial charge in [-0.25, -0.2) is 4.98 Å². The monoisotopic (exact) mass is 337 g/mol. The summed E-state index contributed by atoms with van der Waals surface area (Å²) in [4.78, 5) is 4.54. The first kappa shape index (κ1) is 15.3. The van der Waals surface area contributed by atoms with E-state index in [-0.39, 0.29) is 0 Å². The highest BCUT2D eigenvalue weighted by molar-refractivity contribution is 7.11. The van der Waals surface area contributed by atoms with Crippen molar-refractivity contribution in [3.05, 3.63) is 76.2 Å². The summed E-state index contributed by atoms with van der Waals surface area (Å²) < 4.78 is 0. The third kappa shape index (κ3) is 3.78. The van der Waals surface area contributed by atoms with E-state index < -0.39 is 0 Å². The zero-order chi connectivity index (χ0) is 16.1. The highest BCUT2D eigenvalue weighted by atomic mass is 35.5. The molecule has 5 heteroatoms. The van der Waals surface area contributed by atoms with Crippen LogP contribution in [0.5, 0.6) is 0 Å². The van der Waals surface area contributed by atoms with Crippen molar-refractivity contribution in [3.8, 4) is 17.3 Å². The van der Waals surface area contributed by atoms with Crippen LogP contribution in [-0.4, -0.2) is 4.98 Å². The van der Waals surface area contributed by atoms with Crippen LogP contribution in [-0.2, 0) is 0 Å². The average molecular weight is 338 g/mol. The molecule has 0 saturated carbocycles. The van der Waals surface area contributed by atoms with Gasteiger partial charge in [-0.05, 0) is 24.3 Å². The van der Waals surface area contributed by atoms with E-state index in [0.29, 0.717) is 15.6 Å². The van der Waals surface area contributed by atoms with Crippen LogP contribution in [0.25, 0.3) is 16.8 Å². The van der Waals surface area contributed by atoms with Crippen molar-refractivity contribution in [2.75, 3.05) is 5.32 Å². The van der Waals surface area contributed by atoms with E-state index in [1.165, 1.54) is 11.3 Å². The molecular weight excluding hydrogens is 326 g/mol. The van der Waals surface area contributed by atoms with Gasteiger partial charge in [-0.3, -0.25) is 0 Å². The number of allylic oxidation sites excluding steroid dienone is 1. The molecule has 0 saturated heterocycles. The molecule has 23 heavy (non-hydrogen) atoms. The minimum absolute atomic E-state index is 0.499. The van der Waals surface area contributed by atoms with Crippen molar-refractivity contribution in [1.29, 1.82) is 5.26 Å². The molecule has 112 valence electrons. The number of rotatable bonds is 4. The van der Waals surface area contributed by atoms with E-state index in [1.807, 2.05) is 60.0 Å². The lowest BCUT2D eigenvalue weighted by Crippen LogP contribution is -1.90. The molecule has 0 amide bonds. The van der Waals surface area contributed by atoms with Gasteiger partial charge in [0.1, 0.15) is 16.6 Å². The van der Waals surface area contributed by atoms with Crippen LogP contribution in [0.15, 0.2) is 66.2 Å². The molecule has 3 rings (SSSR count). The minimum atomic E-state index is 0.499. The van der Waals surface area contributed by atoms with Gasteiger partial charge < -0.3 is 5.32 Å². The van der Waals surface area contributed by atoms with Crippen LogP contribution in [0.4, 0.5) is 5.69 Å². The highest BCUT2D eigenvalue weighted by Crippen LogP contribution is 2.27. The van der Waals surface area contributed by atoms with Gasteiger partial charge in [0.15, 0.2) is 0 Å². The fourth-order valence-corrected chi connectivity index (χ4v) is 2.90. The fraction of sp³-hybridized carbons (Fsp3) is 0. The summed E-state index contributed by atoms with van der Waals surface area (Å²) in [5.74, 6) is 0. The highest BCUT2D eigenvalue weighted by Gasteiger charge is 2.09. The van der Waals surface area contributed by atoms with Gasteiger partial charge in [0.25, 0.3) is 0 Å². The third-order valence-corrected chi connectivity index (χ3v) is 4.28. The maximum Gasteiger partial charge on any atom is 0.136 e. The second-order valence-corrected chi connectivity index (χ2v) is 6.02. The van der Waals surface area contributed by atoms with Gasteiger partial charge in [-0.2, -0.15) is 5.26 Å². The van der Waals surface area contributed by atoms with Crippen molar-refractivity contribution < 1.29 is 0 Å². The quantitative estimate of drug-likeness (QED) is 0.645. The molecule has 1 heterocycles. The molecule has 0 unspecified atom stereocenters. The van der Waals surface area contributed by atoms with E-state index in [0.717, 1.165) is 16.9 Å². The summed E-state index contributed by atoms with van der Waals surface area (Å²) in [6.45, 7) is 0. The summed E-state index contributed by atoms with van der Waals surface area (Å²) in [6.07, 6.45) is 1.68. The number of nitriles is 1. The molecule has 1 N–H and O–H groups in total. The first-order valence-electron chi connectivity index (χ1n) is 6.90. The maximum absolute atomic E-state index is 9.36. The molecule has 3 nitrogen and oxygen atoms in total. The van der Waals surface area contributed by atoms with E-state index >= 15 is 0 Å². The number of aromatic nitrogens is 1. The first-order valence-corrected chi connectivity index (χ1v) is 8.16. The number of thiazole rings is 1. The number of anilines is 1. The Morgan fingerprint density at radius 2 is 1.87 bits per heavy atom. The number of para-hydroxylation sites is 1. The number of hydrogen-bond acceptors (Lipinski definition) is 4. The Bertz CT molecular complexity index is 861. The fourth-order valence-electron chi connectivity index (χ4n) is 1.98. The van der Waals surface area contributed by atoms with Crippen molar-refractivity contribution in [3.63, 3.8) is 0 Å². The van der Waals surface area contributed by atoms with Gasteiger partial charge in [0, 0.05) is 27.9 Å². The SMILES string of the molecule is N#C/C(=C/Nc1ccccc1)c1nc(-c2ccc(Cl)cc2)cs1. The van der Waals surface area contributed by atoms with Crippen LogP contribution < -0.4 is 5.32 Å². The smallest absolute Gasteiger partial charge is 0.136 e. The van der Waals surface area contributed by atoms with Gasteiger partial charge in [-0.15, -0.1) is 11.3 Å². The molecule has 0 fully saturated rings. The van der Waals surface area contributed by atoms with Crippen LogP contribution in [0.2, 0.25) is 5.02 Å². The molecule has 0 radical (unpaired) electrons. The lowest BCUT2D eigenvalue weighted by Gasteiger charge is -2.00. The number of nitrogens with zero attached hydrogens (tertiary/aromatic N) is 2. The van der Waals surface area contributed by atoms with E-state index in [4.69, 9.17) is 11.6 Å². The predicted molar refractivity (Wildman–Crippen MR) is 96.2 cm³/mol. The molecular formula is C18H12ClN3S. The summed E-state index contributed by atoms with van der Waals surface area (Å²) in [5.41, 5.74) is 3.24. The van der Waals surface area contributed by atoms with Crippen molar-refractivity contribution in [1.82, 2.24) is 4.98 Å². The van der Waals surface area contributed by atoms with Crippen LogP contribution in [0.1, 0.15) is 5.01 Å². The summed E-state index contributed by atoms with van der Waals surface area (Å²) in [6, 6.07) is 19.4. The third-order valence-electron chi connectivity index (χ3n) is 3.15. The largest absolute Gasteiger partial charge is 0.360 e. The van der Waals surface area contributed by atoms with Gasteiger partial charge in [0.05, 0.1) is 5.69 Å². The zero-order valence-corrected chi connectivity index (χ0v) is 13.6. The lowest BCUT2D eigenvalue weighted by molar-refractivity contribution is 1.36. The Hall–Kier alpha value is -2.61. The average Bonchev–Trinajstić information content (AvgIpc) is 3.07. The molecule has 1 aromatic heterocycles. The summed E-state index contributed by atoms with van der Waals surface area (Å²) >= 11 is 7.34. The Labute approximate surface area is 143 Å². The second-order valence-electron chi connectivity index (χ2n) is 4.72. The lowest BCUT2D eigenvalue weighted by atomic mass is 10.2. The normalized spacial score (nSPS) is 11.0. The Morgan fingerprint density at radius 3 is 2.57 bits per heavy atom. The molecule has 3 aromatic rings. The molecule has 0 atom stereocenters. The topological polar surface area (TPSA) is 48.7 Å². The molecule has 0 aliphatic rings. The summed E-state index contributed by atoms with van der Waals surface area (Å²) in [5, 5.41) is 15.8. The van der Waals surface area contributed by atoms with E-state index in [9.17, 15) is 5.26 Å². The molecule has 0 bridgehead atoms. The Morgan fingerprint density at radius 1 is 1.13 bits per heavy atom. The maximum atomic E-state index is 9.36. The molecule has 0 spiro atoms. The van der Waals surface area contributed by atoms with Crippen molar-refractivity contribution in [2.45, 2.75) is 0 Å². The van der Waals surface area contributed by atoms with Gasteiger partial charge in [0.2, 0.25) is 0 Å². The van der Waals surface area contributed by atoms with Crippen LogP contribution in [0.3, 0.4) is 0 Å². The van der Waals surface area contributed by atoms with E-state index in [1.54, 1.807) is 6.20 Å². The molecule has 2 aromatic carbocycles. The number of benzene rings is 2.